The SMILES string of the molecule is Cc1ccc(CNC(=S)NCc2cn(C)nc2C)cc1. The molecule has 106 valence electrons. The van der Waals surface area contributed by atoms with Gasteiger partial charge in [0.05, 0.1) is 5.69 Å². The maximum absolute atomic E-state index is 5.28. The summed E-state index contributed by atoms with van der Waals surface area (Å²) in [7, 11) is 1.92. The first-order valence-electron chi connectivity index (χ1n) is 6.61. The lowest BCUT2D eigenvalue weighted by Crippen LogP contribution is -2.34. The summed E-state index contributed by atoms with van der Waals surface area (Å²) < 4.78 is 1.81. The second-order valence-electron chi connectivity index (χ2n) is 4.94. The summed E-state index contributed by atoms with van der Waals surface area (Å²) >= 11 is 5.28. The molecule has 0 aliphatic rings. The molecule has 0 aliphatic heterocycles. The maximum Gasteiger partial charge on any atom is 0.166 e. The molecule has 0 atom stereocenters. The van der Waals surface area contributed by atoms with Gasteiger partial charge in [0, 0.05) is 31.9 Å². The zero-order chi connectivity index (χ0) is 14.5. The second kappa shape index (κ2) is 6.52. The lowest BCUT2D eigenvalue weighted by atomic mass is 10.1. The molecule has 2 rings (SSSR count). The van der Waals surface area contributed by atoms with Gasteiger partial charge in [0.15, 0.2) is 5.11 Å². The summed E-state index contributed by atoms with van der Waals surface area (Å²) in [5.41, 5.74) is 4.67. The number of hydrogen-bond donors (Lipinski definition) is 2. The molecule has 0 saturated carbocycles. The molecule has 0 amide bonds. The predicted molar refractivity (Wildman–Crippen MR) is 85.4 cm³/mol. The Hall–Kier alpha value is -1.88. The van der Waals surface area contributed by atoms with Crippen LogP contribution in [0.15, 0.2) is 30.5 Å². The van der Waals surface area contributed by atoms with Crippen LogP contribution in [-0.4, -0.2) is 14.9 Å². The van der Waals surface area contributed by atoms with E-state index in [0.717, 1.165) is 17.8 Å². The van der Waals surface area contributed by atoms with Crippen molar-refractivity contribution in [2.45, 2.75) is 26.9 Å². The van der Waals surface area contributed by atoms with Gasteiger partial charge in [-0.25, -0.2) is 0 Å². The van der Waals surface area contributed by atoms with Gasteiger partial charge in [-0.05, 0) is 31.6 Å². The van der Waals surface area contributed by atoms with E-state index in [1.165, 1.54) is 11.1 Å². The van der Waals surface area contributed by atoms with E-state index < -0.39 is 0 Å². The van der Waals surface area contributed by atoms with Crippen molar-refractivity contribution in [2.24, 2.45) is 7.05 Å². The summed E-state index contributed by atoms with van der Waals surface area (Å²) in [6.45, 7) is 5.51. The molecule has 1 aromatic heterocycles. The molecule has 4 nitrogen and oxygen atoms in total. The minimum atomic E-state index is 0.661. The van der Waals surface area contributed by atoms with E-state index in [9.17, 15) is 0 Å². The summed E-state index contributed by atoms with van der Waals surface area (Å²) in [5.74, 6) is 0. The molecule has 2 aromatic rings. The first kappa shape index (κ1) is 14.5. The van der Waals surface area contributed by atoms with Crippen LogP contribution < -0.4 is 10.6 Å². The van der Waals surface area contributed by atoms with Crippen molar-refractivity contribution < 1.29 is 0 Å². The zero-order valence-electron chi connectivity index (χ0n) is 12.1. The van der Waals surface area contributed by atoms with E-state index >= 15 is 0 Å². The van der Waals surface area contributed by atoms with Crippen LogP contribution >= 0.6 is 12.2 Å². The highest BCUT2D eigenvalue weighted by Gasteiger charge is 2.03. The third-order valence-electron chi connectivity index (χ3n) is 3.13. The Balaban J connectivity index is 1.78. The Morgan fingerprint density at radius 2 is 1.80 bits per heavy atom. The molecule has 0 radical (unpaired) electrons. The van der Waals surface area contributed by atoms with Crippen LogP contribution in [0.3, 0.4) is 0 Å². The Morgan fingerprint density at radius 3 is 2.40 bits per heavy atom. The molecule has 0 unspecified atom stereocenters. The topological polar surface area (TPSA) is 41.9 Å². The second-order valence-corrected chi connectivity index (χ2v) is 5.34. The monoisotopic (exact) mass is 288 g/mol. The molecule has 1 heterocycles. The van der Waals surface area contributed by atoms with Gasteiger partial charge in [-0.2, -0.15) is 5.10 Å². The van der Waals surface area contributed by atoms with E-state index in [-0.39, 0.29) is 0 Å². The molecule has 0 saturated heterocycles. The van der Waals surface area contributed by atoms with Gasteiger partial charge in [-0.15, -0.1) is 0 Å². The largest absolute Gasteiger partial charge is 0.359 e. The minimum Gasteiger partial charge on any atom is -0.359 e. The third kappa shape index (κ3) is 4.06. The fourth-order valence-corrected chi connectivity index (χ4v) is 2.09. The highest BCUT2D eigenvalue weighted by molar-refractivity contribution is 7.80. The predicted octanol–water partition coefficient (Wildman–Crippen LogP) is 2.20. The number of nitrogens with one attached hydrogen (secondary N) is 2. The van der Waals surface area contributed by atoms with Crippen molar-refractivity contribution in [2.75, 3.05) is 0 Å². The number of nitrogens with zero attached hydrogens (tertiary/aromatic N) is 2. The van der Waals surface area contributed by atoms with Gasteiger partial charge >= 0.3 is 0 Å². The lowest BCUT2D eigenvalue weighted by Gasteiger charge is -2.10. The van der Waals surface area contributed by atoms with E-state index in [2.05, 4.69) is 46.9 Å². The molecule has 1 aromatic carbocycles. The number of hydrogen-bond acceptors (Lipinski definition) is 2. The first-order valence-corrected chi connectivity index (χ1v) is 7.02. The molecule has 0 aliphatic carbocycles. The fraction of sp³-hybridized carbons (Fsp3) is 0.333. The molecule has 2 N–H and O–H groups in total. The van der Waals surface area contributed by atoms with Crippen LogP contribution in [-0.2, 0) is 20.1 Å². The Labute approximate surface area is 125 Å². The quantitative estimate of drug-likeness (QED) is 0.847. The van der Waals surface area contributed by atoms with Gasteiger partial charge in [0.2, 0.25) is 0 Å². The number of thiocarbonyl (C=S) groups is 1. The molecular weight excluding hydrogens is 268 g/mol. The van der Waals surface area contributed by atoms with Gasteiger partial charge in [0.25, 0.3) is 0 Å². The summed E-state index contributed by atoms with van der Waals surface area (Å²) in [5, 5.41) is 11.4. The average molecular weight is 288 g/mol. The zero-order valence-corrected chi connectivity index (χ0v) is 12.9. The Kier molecular flexibility index (Phi) is 4.74. The number of benzene rings is 1. The molecule has 0 bridgehead atoms. The lowest BCUT2D eigenvalue weighted by molar-refractivity contribution is 0.756. The van der Waals surface area contributed by atoms with Crippen LogP contribution in [0.25, 0.3) is 0 Å². The molecule has 5 heteroatoms. The van der Waals surface area contributed by atoms with Crippen LogP contribution in [0.2, 0.25) is 0 Å². The van der Waals surface area contributed by atoms with E-state index in [4.69, 9.17) is 12.2 Å². The normalized spacial score (nSPS) is 10.3. The fourth-order valence-electron chi connectivity index (χ4n) is 1.95. The molecule has 0 fully saturated rings. The third-order valence-corrected chi connectivity index (χ3v) is 3.42. The minimum absolute atomic E-state index is 0.661. The van der Waals surface area contributed by atoms with Crippen molar-refractivity contribution >= 4 is 17.3 Å². The number of aryl methyl sites for hydroxylation is 3. The van der Waals surface area contributed by atoms with Gasteiger partial charge < -0.3 is 10.6 Å². The van der Waals surface area contributed by atoms with Crippen LogP contribution in [0.1, 0.15) is 22.4 Å². The van der Waals surface area contributed by atoms with Crippen molar-refractivity contribution in [3.8, 4) is 0 Å². The number of rotatable bonds is 4. The summed E-state index contributed by atoms with van der Waals surface area (Å²) in [6, 6.07) is 8.42. The molecular formula is C15H20N4S. The van der Waals surface area contributed by atoms with Crippen molar-refractivity contribution in [1.29, 1.82) is 0 Å². The van der Waals surface area contributed by atoms with Crippen LogP contribution in [0, 0.1) is 13.8 Å². The average Bonchev–Trinajstić information content (AvgIpc) is 2.74. The molecule has 0 spiro atoms. The van der Waals surface area contributed by atoms with Gasteiger partial charge in [0.1, 0.15) is 0 Å². The van der Waals surface area contributed by atoms with E-state index in [0.29, 0.717) is 11.7 Å². The van der Waals surface area contributed by atoms with Gasteiger partial charge in [-0.1, -0.05) is 29.8 Å². The summed E-state index contributed by atoms with van der Waals surface area (Å²) in [6.07, 6.45) is 2.00. The smallest absolute Gasteiger partial charge is 0.166 e. The van der Waals surface area contributed by atoms with Crippen molar-refractivity contribution in [3.05, 3.63) is 52.8 Å². The Bertz CT molecular complexity index is 586. The first-order chi connectivity index (χ1) is 9.54. The summed E-state index contributed by atoms with van der Waals surface area (Å²) in [4.78, 5) is 0. The number of aromatic nitrogens is 2. The maximum atomic E-state index is 5.28. The van der Waals surface area contributed by atoms with Gasteiger partial charge in [-0.3, -0.25) is 4.68 Å². The standard InChI is InChI=1S/C15H20N4S/c1-11-4-6-13(7-5-11)8-16-15(20)17-9-14-10-19(3)18-12(14)2/h4-7,10H,8-9H2,1-3H3,(H2,16,17,20). The van der Waals surface area contributed by atoms with E-state index in [1.807, 2.05) is 24.9 Å². The molecule has 20 heavy (non-hydrogen) atoms. The highest BCUT2D eigenvalue weighted by atomic mass is 32.1. The van der Waals surface area contributed by atoms with Crippen LogP contribution in [0.5, 0.6) is 0 Å². The van der Waals surface area contributed by atoms with Crippen molar-refractivity contribution in [1.82, 2.24) is 20.4 Å². The van der Waals surface area contributed by atoms with Crippen LogP contribution in [0.4, 0.5) is 0 Å². The van der Waals surface area contributed by atoms with Crippen molar-refractivity contribution in [3.63, 3.8) is 0 Å². The Morgan fingerprint density at radius 1 is 1.15 bits per heavy atom. The highest BCUT2D eigenvalue weighted by Crippen LogP contribution is 2.04. The van der Waals surface area contributed by atoms with E-state index in [1.54, 1.807) is 0 Å².